The number of hydrogen-bond donors (Lipinski definition) is 1. The van der Waals surface area contributed by atoms with Crippen LogP contribution in [0, 0.1) is 5.41 Å². The van der Waals surface area contributed by atoms with Crippen molar-refractivity contribution in [1.29, 1.82) is 0 Å². The van der Waals surface area contributed by atoms with Gasteiger partial charge in [-0.05, 0) is 64.7 Å². The molecular weight excluding hydrogens is 302 g/mol. The van der Waals surface area contributed by atoms with Crippen LogP contribution in [0.2, 0.25) is 0 Å². The summed E-state index contributed by atoms with van der Waals surface area (Å²) in [4.78, 5) is 12.3. The van der Waals surface area contributed by atoms with Crippen LogP contribution in [-0.2, 0) is 9.47 Å². The Morgan fingerprint density at radius 2 is 1.79 bits per heavy atom. The maximum Gasteiger partial charge on any atom is 0.407 e. The van der Waals surface area contributed by atoms with E-state index in [1.807, 2.05) is 20.8 Å². The Bertz CT molecular complexity index is 406. The van der Waals surface area contributed by atoms with E-state index < -0.39 is 5.60 Å². The lowest BCUT2D eigenvalue weighted by molar-refractivity contribution is -0.0195. The van der Waals surface area contributed by atoms with E-state index in [0.717, 1.165) is 25.7 Å². The molecule has 24 heavy (non-hydrogen) atoms. The van der Waals surface area contributed by atoms with Gasteiger partial charge in [-0.15, -0.1) is 0 Å². The minimum atomic E-state index is -0.451. The minimum absolute atomic E-state index is 0.187. The van der Waals surface area contributed by atoms with Crippen LogP contribution in [0.25, 0.3) is 0 Å². The molecule has 4 heteroatoms. The van der Waals surface area contributed by atoms with Crippen LogP contribution in [0.1, 0.15) is 92.4 Å². The molecule has 2 saturated carbocycles. The van der Waals surface area contributed by atoms with Gasteiger partial charge in [0.2, 0.25) is 0 Å². The lowest BCUT2D eigenvalue weighted by Gasteiger charge is -2.39. The predicted molar refractivity (Wildman–Crippen MR) is 97.2 cm³/mol. The molecule has 0 bridgehead atoms. The first-order valence-electron chi connectivity index (χ1n) is 9.93. The third kappa shape index (κ3) is 5.11. The van der Waals surface area contributed by atoms with E-state index in [-0.39, 0.29) is 23.7 Å². The SMILES string of the molecule is CCC(CC)O[C@H]1C[C@@H](NC(=O)OC(C)(C)C)C2(CCCCC2)C1. The second-order valence-corrected chi connectivity index (χ2v) is 8.76. The van der Waals surface area contributed by atoms with Gasteiger partial charge in [0, 0.05) is 6.04 Å². The molecule has 0 heterocycles. The molecule has 2 aliphatic carbocycles. The normalized spacial score (nSPS) is 26.8. The maximum absolute atomic E-state index is 12.3. The van der Waals surface area contributed by atoms with Crippen LogP contribution in [0.5, 0.6) is 0 Å². The molecule has 1 amide bonds. The lowest BCUT2D eigenvalue weighted by atomic mass is 9.70. The quantitative estimate of drug-likeness (QED) is 0.749. The first kappa shape index (κ1) is 19.6. The van der Waals surface area contributed by atoms with Crippen LogP contribution in [0.3, 0.4) is 0 Å². The fourth-order valence-electron chi connectivity index (χ4n) is 4.52. The van der Waals surface area contributed by atoms with E-state index in [1.54, 1.807) is 0 Å². The number of rotatable bonds is 5. The van der Waals surface area contributed by atoms with Crippen LogP contribution < -0.4 is 5.32 Å². The molecule has 0 saturated heterocycles. The van der Waals surface area contributed by atoms with Gasteiger partial charge in [-0.2, -0.15) is 0 Å². The minimum Gasteiger partial charge on any atom is -0.444 e. The zero-order valence-corrected chi connectivity index (χ0v) is 16.3. The molecule has 2 aliphatic rings. The van der Waals surface area contributed by atoms with Gasteiger partial charge in [-0.3, -0.25) is 0 Å². The van der Waals surface area contributed by atoms with Crippen molar-refractivity contribution < 1.29 is 14.3 Å². The summed E-state index contributed by atoms with van der Waals surface area (Å²) >= 11 is 0. The summed E-state index contributed by atoms with van der Waals surface area (Å²) in [6, 6.07) is 0.187. The number of hydrogen-bond acceptors (Lipinski definition) is 3. The van der Waals surface area contributed by atoms with Gasteiger partial charge in [0.05, 0.1) is 12.2 Å². The first-order chi connectivity index (χ1) is 11.3. The summed E-state index contributed by atoms with van der Waals surface area (Å²) in [5.41, 5.74) is -0.236. The molecule has 0 aromatic carbocycles. The fraction of sp³-hybridized carbons (Fsp3) is 0.950. The third-order valence-corrected chi connectivity index (χ3v) is 5.71. The highest BCUT2D eigenvalue weighted by molar-refractivity contribution is 5.68. The van der Waals surface area contributed by atoms with Crippen LogP contribution in [0.4, 0.5) is 4.79 Å². The van der Waals surface area contributed by atoms with E-state index >= 15 is 0 Å². The summed E-state index contributed by atoms with van der Waals surface area (Å²) in [6.45, 7) is 10.1. The number of amides is 1. The Morgan fingerprint density at radius 1 is 1.17 bits per heavy atom. The Kier molecular flexibility index (Phi) is 6.58. The molecule has 0 unspecified atom stereocenters. The average molecular weight is 340 g/mol. The first-order valence-corrected chi connectivity index (χ1v) is 9.93. The van der Waals surface area contributed by atoms with Crippen molar-refractivity contribution >= 4 is 6.09 Å². The fourth-order valence-corrected chi connectivity index (χ4v) is 4.52. The lowest BCUT2D eigenvalue weighted by Crippen LogP contribution is -2.47. The van der Waals surface area contributed by atoms with Gasteiger partial charge in [0.25, 0.3) is 0 Å². The van der Waals surface area contributed by atoms with Gasteiger partial charge in [0.1, 0.15) is 5.60 Å². The molecule has 0 aromatic heterocycles. The van der Waals surface area contributed by atoms with Gasteiger partial charge in [-0.25, -0.2) is 4.79 Å². The average Bonchev–Trinajstić information content (AvgIpc) is 2.80. The summed E-state index contributed by atoms with van der Waals surface area (Å²) in [5.74, 6) is 0. The summed E-state index contributed by atoms with van der Waals surface area (Å²) in [5, 5.41) is 3.19. The highest BCUT2D eigenvalue weighted by Gasteiger charge is 2.49. The number of nitrogens with one attached hydrogen (secondary N) is 1. The van der Waals surface area contributed by atoms with Crippen molar-refractivity contribution in [2.45, 2.75) is 116 Å². The molecule has 140 valence electrons. The van der Waals surface area contributed by atoms with Crippen molar-refractivity contribution in [3.05, 3.63) is 0 Å². The molecule has 1 spiro atoms. The number of carbonyl (C=O) groups is 1. The molecule has 2 atom stereocenters. The predicted octanol–water partition coefficient (Wildman–Crippen LogP) is 5.20. The summed E-state index contributed by atoms with van der Waals surface area (Å²) < 4.78 is 11.9. The maximum atomic E-state index is 12.3. The van der Waals surface area contributed by atoms with Crippen molar-refractivity contribution in [2.24, 2.45) is 5.41 Å². The Hall–Kier alpha value is -0.770. The molecule has 0 radical (unpaired) electrons. The Labute approximate surface area is 148 Å². The third-order valence-electron chi connectivity index (χ3n) is 5.71. The molecule has 0 aliphatic heterocycles. The van der Waals surface area contributed by atoms with Crippen molar-refractivity contribution in [1.82, 2.24) is 5.32 Å². The van der Waals surface area contributed by atoms with E-state index in [4.69, 9.17) is 9.47 Å². The summed E-state index contributed by atoms with van der Waals surface area (Å²) in [6.07, 6.45) is 10.7. The molecule has 0 aromatic rings. The smallest absolute Gasteiger partial charge is 0.407 e. The topological polar surface area (TPSA) is 47.6 Å². The van der Waals surface area contributed by atoms with E-state index in [9.17, 15) is 4.79 Å². The largest absolute Gasteiger partial charge is 0.444 e. The van der Waals surface area contributed by atoms with Crippen LogP contribution >= 0.6 is 0 Å². The van der Waals surface area contributed by atoms with Gasteiger partial charge < -0.3 is 14.8 Å². The van der Waals surface area contributed by atoms with Crippen molar-refractivity contribution in [3.8, 4) is 0 Å². The molecular formula is C20H37NO3. The molecule has 2 fully saturated rings. The molecule has 1 N–H and O–H groups in total. The van der Waals surface area contributed by atoms with Gasteiger partial charge in [0.15, 0.2) is 0 Å². The highest BCUT2D eigenvalue weighted by atomic mass is 16.6. The number of alkyl carbamates (subject to hydrolysis) is 1. The monoisotopic (exact) mass is 339 g/mol. The van der Waals surface area contributed by atoms with E-state index in [2.05, 4.69) is 19.2 Å². The number of ether oxygens (including phenoxy) is 2. The highest BCUT2D eigenvalue weighted by Crippen LogP contribution is 2.50. The summed E-state index contributed by atoms with van der Waals surface area (Å²) in [7, 11) is 0. The standard InChI is InChI=1S/C20H37NO3/c1-6-15(7-2)23-16-13-17(21-18(22)24-19(3,4)5)20(14-16)11-9-8-10-12-20/h15-17H,6-14H2,1-5H3,(H,21,22)/t16-,17+/m0/s1. The second-order valence-electron chi connectivity index (χ2n) is 8.76. The second kappa shape index (κ2) is 8.07. The Balaban J connectivity index is 2.03. The zero-order valence-electron chi connectivity index (χ0n) is 16.3. The van der Waals surface area contributed by atoms with Crippen LogP contribution in [-0.4, -0.2) is 29.9 Å². The van der Waals surface area contributed by atoms with Gasteiger partial charge in [-0.1, -0.05) is 33.1 Å². The Morgan fingerprint density at radius 3 is 2.33 bits per heavy atom. The van der Waals surface area contributed by atoms with E-state index in [0.29, 0.717) is 6.10 Å². The molecule has 4 nitrogen and oxygen atoms in total. The van der Waals surface area contributed by atoms with Crippen molar-refractivity contribution in [2.75, 3.05) is 0 Å². The van der Waals surface area contributed by atoms with Crippen LogP contribution in [0.15, 0.2) is 0 Å². The van der Waals surface area contributed by atoms with Gasteiger partial charge >= 0.3 is 6.09 Å². The zero-order chi connectivity index (χ0) is 17.8. The molecule has 2 rings (SSSR count). The number of carbonyl (C=O) groups excluding carboxylic acids is 1. The van der Waals surface area contributed by atoms with E-state index in [1.165, 1.54) is 32.1 Å². The van der Waals surface area contributed by atoms with Crippen molar-refractivity contribution in [3.63, 3.8) is 0 Å².